The lowest BCUT2D eigenvalue weighted by atomic mass is 10.2. The fourth-order valence-corrected chi connectivity index (χ4v) is 0.540. The first-order valence-electron chi connectivity index (χ1n) is 3.57. The van der Waals surface area contributed by atoms with Crippen molar-refractivity contribution >= 4 is 5.91 Å². The van der Waals surface area contributed by atoms with E-state index in [2.05, 4.69) is 0 Å². The van der Waals surface area contributed by atoms with E-state index in [4.69, 9.17) is 10.5 Å². The van der Waals surface area contributed by atoms with Crippen molar-refractivity contribution < 1.29 is 9.53 Å². The molecule has 11 heavy (non-hydrogen) atoms. The first-order valence-corrected chi connectivity index (χ1v) is 3.57. The molecule has 0 radical (unpaired) electrons. The maximum absolute atomic E-state index is 10.5. The standard InChI is InChI=1S/C8H15NO2/c1-6(8(9)10)4-5-7(2)11-3/h4,7H,5H2,1-3H3,(H2,9,10)/b6-4+. The molecule has 3 heteroatoms. The highest BCUT2D eigenvalue weighted by Gasteiger charge is 1.99. The summed E-state index contributed by atoms with van der Waals surface area (Å²) in [7, 11) is 1.64. The predicted molar refractivity (Wildman–Crippen MR) is 44.0 cm³/mol. The third kappa shape index (κ3) is 4.56. The summed E-state index contributed by atoms with van der Waals surface area (Å²) in [5.74, 6) is -0.367. The number of hydrogen-bond donors (Lipinski definition) is 1. The van der Waals surface area contributed by atoms with Gasteiger partial charge in [0.15, 0.2) is 0 Å². The summed E-state index contributed by atoms with van der Waals surface area (Å²) < 4.78 is 4.98. The van der Waals surface area contributed by atoms with E-state index in [9.17, 15) is 4.79 Å². The highest BCUT2D eigenvalue weighted by atomic mass is 16.5. The lowest BCUT2D eigenvalue weighted by Crippen LogP contribution is -2.12. The molecule has 1 unspecified atom stereocenters. The molecule has 0 heterocycles. The molecule has 0 rings (SSSR count). The van der Waals surface area contributed by atoms with Crippen LogP contribution in [0.5, 0.6) is 0 Å². The third-order valence-electron chi connectivity index (χ3n) is 1.55. The van der Waals surface area contributed by atoms with Gasteiger partial charge in [0.25, 0.3) is 0 Å². The number of amides is 1. The number of methoxy groups -OCH3 is 1. The molecule has 0 spiro atoms. The molecule has 0 aliphatic carbocycles. The SMILES string of the molecule is COC(C)C/C=C(\C)C(N)=O. The molecule has 0 aromatic heterocycles. The van der Waals surface area contributed by atoms with Crippen LogP contribution in [0.25, 0.3) is 0 Å². The summed E-state index contributed by atoms with van der Waals surface area (Å²) in [6.45, 7) is 3.63. The van der Waals surface area contributed by atoms with E-state index < -0.39 is 0 Å². The zero-order valence-corrected chi connectivity index (χ0v) is 7.26. The Balaban J connectivity index is 3.82. The Morgan fingerprint density at radius 1 is 1.73 bits per heavy atom. The minimum atomic E-state index is -0.367. The fraction of sp³-hybridized carbons (Fsp3) is 0.625. The molecule has 1 amide bonds. The summed E-state index contributed by atoms with van der Waals surface area (Å²) in [5, 5.41) is 0. The van der Waals surface area contributed by atoms with Gasteiger partial charge >= 0.3 is 0 Å². The molecule has 1 atom stereocenters. The average Bonchev–Trinajstić information content (AvgIpc) is 1.99. The van der Waals surface area contributed by atoms with E-state index in [1.807, 2.05) is 6.92 Å². The third-order valence-corrected chi connectivity index (χ3v) is 1.55. The maximum Gasteiger partial charge on any atom is 0.244 e. The lowest BCUT2D eigenvalue weighted by Gasteiger charge is -2.04. The van der Waals surface area contributed by atoms with Crippen molar-refractivity contribution in [2.75, 3.05) is 7.11 Å². The van der Waals surface area contributed by atoms with Gasteiger partial charge in [0.2, 0.25) is 5.91 Å². The molecule has 64 valence electrons. The van der Waals surface area contributed by atoms with Crippen LogP contribution in [-0.2, 0) is 9.53 Å². The van der Waals surface area contributed by atoms with Crippen LogP contribution in [0.15, 0.2) is 11.6 Å². The molecular formula is C8H15NO2. The Morgan fingerprint density at radius 2 is 2.27 bits per heavy atom. The van der Waals surface area contributed by atoms with Crippen LogP contribution in [0.4, 0.5) is 0 Å². The van der Waals surface area contributed by atoms with Crippen LogP contribution < -0.4 is 5.73 Å². The first-order chi connectivity index (χ1) is 5.07. The van der Waals surface area contributed by atoms with Gasteiger partial charge in [0, 0.05) is 12.7 Å². The van der Waals surface area contributed by atoms with Crippen LogP contribution in [0, 0.1) is 0 Å². The van der Waals surface area contributed by atoms with Crippen LogP contribution >= 0.6 is 0 Å². The van der Waals surface area contributed by atoms with Crippen LogP contribution in [0.2, 0.25) is 0 Å². The van der Waals surface area contributed by atoms with Crippen molar-refractivity contribution in [3.8, 4) is 0 Å². The lowest BCUT2D eigenvalue weighted by molar-refractivity contribution is -0.114. The molecule has 0 saturated heterocycles. The molecule has 0 saturated carbocycles. The number of nitrogens with two attached hydrogens (primary N) is 1. The summed E-state index contributed by atoms with van der Waals surface area (Å²) in [6.07, 6.45) is 2.66. The highest BCUT2D eigenvalue weighted by Crippen LogP contribution is 2.00. The van der Waals surface area contributed by atoms with E-state index in [0.29, 0.717) is 5.57 Å². The predicted octanol–water partition coefficient (Wildman–Crippen LogP) is 0.843. The number of primary amides is 1. The van der Waals surface area contributed by atoms with Gasteiger partial charge in [-0.2, -0.15) is 0 Å². The molecule has 3 nitrogen and oxygen atoms in total. The molecule has 0 aliphatic rings. The van der Waals surface area contributed by atoms with Gasteiger partial charge in [-0.05, 0) is 20.3 Å². The van der Waals surface area contributed by atoms with E-state index in [1.54, 1.807) is 20.1 Å². The molecule has 0 fully saturated rings. The Kier molecular flexibility index (Phi) is 4.54. The zero-order valence-electron chi connectivity index (χ0n) is 7.26. The largest absolute Gasteiger partial charge is 0.381 e. The minimum absolute atomic E-state index is 0.143. The summed E-state index contributed by atoms with van der Waals surface area (Å²) in [6, 6.07) is 0. The number of ether oxygens (including phenoxy) is 1. The highest BCUT2D eigenvalue weighted by molar-refractivity contribution is 5.91. The van der Waals surface area contributed by atoms with Crippen LogP contribution in [-0.4, -0.2) is 19.1 Å². The molecule has 0 aromatic rings. The van der Waals surface area contributed by atoms with Gasteiger partial charge in [-0.25, -0.2) is 0 Å². The van der Waals surface area contributed by atoms with E-state index in [-0.39, 0.29) is 12.0 Å². The molecular weight excluding hydrogens is 142 g/mol. The Bertz CT molecular complexity index is 163. The van der Waals surface area contributed by atoms with Gasteiger partial charge in [-0.3, -0.25) is 4.79 Å². The van der Waals surface area contributed by atoms with Gasteiger partial charge in [0.1, 0.15) is 0 Å². The fourth-order valence-electron chi connectivity index (χ4n) is 0.540. The second-order valence-corrected chi connectivity index (χ2v) is 2.53. The van der Waals surface area contributed by atoms with Crippen molar-refractivity contribution in [1.82, 2.24) is 0 Å². The first kappa shape index (κ1) is 10.2. The summed E-state index contributed by atoms with van der Waals surface area (Å²) >= 11 is 0. The van der Waals surface area contributed by atoms with Crippen molar-refractivity contribution in [3.05, 3.63) is 11.6 Å². The van der Waals surface area contributed by atoms with Gasteiger partial charge in [-0.15, -0.1) is 0 Å². The van der Waals surface area contributed by atoms with Crippen molar-refractivity contribution in [2.45, 2.75) is 26.4 Å². The minimum Gasteiger partial charge on any atom is -0.381 e. The number of carbonyl (C=O) groups excluding carboxylic acids is 1. The van der Waals surface area contributed by atoms with Gasteiger partial charge in [-0.1, -0.05) is 6.08 Å². The molecule has 0 aliphatic heterocycles. The summed E-state index contributed by atoms with van der Waals surface area (Å²) in [5.41, 5.74) is 5.61. The molecule has 0 bridgehead atoms. The van der Waals surface area contributed by atoms with Crippen LogP contribution in [0.1, 0.15) is 20.3 Å². The Labute approximate surface area is 67.2 Å². The Hall–Kier alpha value is -0.830. The van der Waals surface area contributed by atoms with E-state index in [0.717, 1.165) is 6.42 Å². The molecule has 0 aromatic carbocycles. The van der Waals surface area contributed by atoms with Gasteiger partial charge in [0.05, 0.1) is 6.10 Å². The average molecular weight is 157 g/mol. The van der Waals surface area contributed by atoms with Crippen molar-refractivity contribution in [3.63, 3.8) is 0 Å². The second-order valence-electron chi connectivity index (χ2n) is 2.53. The normalized spacial score (nSPS) is 14.6. The smallest absolute Gasteiger partial charge is 0.244 e. The van der Waals surface area contributed by atoms with Gasteiger partial charge < -0.3 is 10.5 Å². The van der Waals surface area contributed by atoms with Crippen molar-refractivity contribution in [2.24, 2.45) is 5.73 Å². The topological polar surface area (TPSA) is 52.3 Å². The number of rotatable bonds is 4. The quantitative estimate of drug-likeness (QED) is 0.615. The maximum atomic E-state index is 10.5. The number of hydrogen-bond acceptors (Lipinski definition) is 2. The summed E-state index contributed by atoms with van der Waals surface area (Å²) in [4.78, 5) is 10.5. The number of carbonyl (C=O) groups is 1. The monoisotopic (exact) mass is 157 g/mol. The van der Waals surface area contributed by atoms with E-state index in [1.165, 1.54) is 0 Å². The van der Waals surface area contributed by atoms with E-state index >= 15 is 0 Å². The molecule has 2 N–H and O–H groups in total. The van der Waals surface area contributed by atoms with Crippen molar-refractivity contribution in [1.29, 1.82) is 0 Å². The zero-order chi connectivity index (χ0) is 8.85. The Morgan fingerprint density at radius 3 is 2.64 bits per heavy atom. The van der Waals surface area contributed by atoms with Crippen LogP contribution in [0.3, 0.4) is 0 Å². The second kappa shape index (κ2) is 4.91.